The molecule has 1 fully saturated rings. The monoisotopic (exact) mass is 300 g/mol. The number of aromatic nitrogens is 3. The van der Waals surface area contributed by atoms with E-state index < -0.39 is 11.9 Å². The van der Waals surface area contributed by atoms with Gasteiger partial charge in [-0.3, -0.25) is 14.6 Å². The van der Waals surface area contributed by atoms with Gasteiger partial charge in [-0.1, -0.05) is 6.92 Å². The zero-order valence-corrected chi connectivity index (χ0v) is 12.1. The summed E-state index contributed by atoms with van der Waals surface area (Å²) in [6.07, 6.45) is 4.99. The molecule has 3 heterocycles. The van der Waals surface area contributed by atoms with Crippen molar-refractivity contribution >= 4 is 11.9 Å². The SMILES string of the molecule is C[C@@H]1CN(C(=O)c2cc(-n3cccn3)ccn2)C[C@H]1C(=O)O. The van der Waals surface area contributed by atoms with Crippen LogP contribution in [0.1, 0.15) is 17.4 Å². The molecule has 2 aromatic heterocycles. The van der Waals surface area contributed by atoms with Crippen LogP contribution in [-0.4, -0.2) is 49.7 Å². The van der Waals surface area contributed by atoms with Crippen LogP contribution in [0.15, 0.2) is 36.8 Å². The molecule has 0 unspecified atom stereocenters. The van der Waals surface area contributed by atoms with Crippen LogP contribution in [0, 0.1) is 11.8 Å². The van der Waals surface area contributed by atoms with Gasteiger partial charge in [-0.25, -0.2) is 4.68 Å². The molecule has 114 valence electrons. The molecule has 0 radical (unpaired) electrons. The van der Waals surface area contributed by atoms with Gasteiger partial charge in [0.25, 0.3) is 5.91 Å². The van der Waals surface area contributed by atoms with E-state index in [1.165, 1.54) is 0 Å². The number of nitrogens with zero attached hydrogens (tertiary/aromatic N) is 4. The van der Waals surface area contributed by atoms with Crippen LogP contribution < -0.4 is 0 Å². The third-order valence-electron chi connectivity index (χ3n) is 3.95. The summed E-state index contributed by atoms with van der Waals surface area (Å²) in [5, 5.41) is 13.3. The van der Waals surface area contributed by atoms with Crippen LogP contribution in [0.2, 0.25) is 0 Å². The molecule has 2 aromatic rings. The maximum absolute atomic E-state index is 12.5. The summed E-state index contributed by atoms with van der Waals surface area (Å²) in [4.78, 5) is 29.3. The van der Waals surface area contributed by atoms with Crippen molar-refractivity contribution in [1.29, 1.82) is 0 Å². The van der Waals surface area contributed by atoms with Gasteiger partial charge in [0, 0.05) is 31.7 Å². The first-order valence-electron chi connectivity index (χ1n) is 7.04. The van der Waals surface area contributed by atoms with E-state index in [0.717, 1.165) is 5.69 Å². The molecule has 1 N–H and O–H groups in total. The molecule has 7 nitrogen and oxygen atoms in total. The number of carbonyl (C=O) groups is 2. The fraction of sp³-hybridized carbons (Fsp3) is 0.333. The lowest BCUT2D eigenvalue weighted by Gasteiger charge is -2.15. The fourth-order valence-electron chi connectivity index (χ4n) is 2.72. The lowest BCUT2D eigenvalue weighted by Crippen LogP contribution is -2.30. The van der Waals surface area contributed by atoms with E-state index >= 15 is 0 Å². The largest absolute Gasteiger partial charge is 0.481 e. The van der Waals surface area contributed by atoms with E-state index in [1.54, 1.807) is 46.4 Å². The van der Waals surface area contributed by atoms with Gasteiger partial charge in [0.15, 0.2) is 0 Å². The highest BCUT2D eigenvalue weighted by atomic mass is 16.4. The van der Waals surface area contributed by atoms with Crippen molar-refractivity contribution in [3.05, 3.63) is 42.5 Å². The van der Waals surface area contributed by atoms with Gasteiger partial charge in [-0.05, 0) is 24.1 Å². The number of carboxylic acids is 1. The summed E-state index contributed by atoms with van der Waals surface area (Å²) < 4.78 is 1.64. The lowest BCUT2D eigenvalue weighted by atomic mass is 9.99. The zero-order valence-electron chi connectivity index (χ0n) is 12.1. The molecule has 1 aliphatic heterocycles. The lowest BCUT2D eigenvalue weighted by molar-refractivity contribution is -0.142. The molecule has 0 aromatic carbocycles. The van der Waals surface area contributed by atoms with E-state index in [0.29, 0.717) is 12.2 Å². The minimum atomic E-state index is -0.860. The second-order valence-corrected chi connectivity index (χ2v) is 5.48. The van der Waals surface area contributed by atoms with Crippen LogP contribution in [0.3, 0.4) is 0 Å². The van der Waals surface area contributed by atoms with E-state index in [4.69, 9.17) is 5.11 Å². The Morgan fingerprint density at radius 3 is 2.77 bits per heavy atom. The number of hydrogen-bond donors (Lipinski definition) is 1. The summed E-state index contributed by atoms with van der Waals surface area (Å²) in [5.74, 6) is -1.68. The number of pyridine rings is 1. The number of carbonyl (C=O) groups excluding carboxylic acids is 1. The summed E-state index contributed by atoms with van der Waals surface area (Å²) >= 11 is 0. The molecule has 1 amide bonds. The maximum Gasteiger partial charge on any atom is 0.308 e. The second-order valence-electron chi connectivity index (χ2n) is 5.48. The van der Waals surface area contributed by atoms with Crippen molar-refractivity contribution in [2.45, 2.75) is 6.92 Å². The topological polar surface area (TPSA) is 88.3 Å². The van der Waals surface area contributed by atoms with Gasteiger partial charge in [0.2, 0.25) is 0 Å². The maximum atomic E-state index is 12.5. The number of amides is 1. The number of likely N-dealkylation sites (tertiary alicyclic amines) is 1. The summed E-state index contributed by atoms with van der Waals surface area (Å²) in [7, 11) is 0. The Bertz CT molecular complexity index is 699. The number of hydrogen-bond acceptors (Lipinski definition) is 4. The van der Waals surface area contributed by atoms with Crippen molar-refractivity contribution < 1.29 is 14.7 Å². The molecule has 7 heteroatoms. The Hall–Kier alpha value is -2.70. The molecule has 0 saturated carbocycles. The van der Waals surface area contributed by atoms with Crippen molar-refractivity contribution in [2.24, 2.45) is 11.8 Å². The van der Waals surface area contributed by atoms with E-state index in [2.05, 4.69) is 10.1 Å². The Morgan fingerprint density at radius 1 is 1.32 bits per heavy atom. The number of aliphatic carboxylic acids is 1. The molecular weight excluding hydrogens is 284 g/mol. The van der Waals surface area contributed by atoms with Gasteiger partial charge in [0.05, 0.1) is 11.6 Å². The molecule has 22 heavy (non-hydrogen) atoms. The first-order valence-corrected chi connectivity index (χ1v) is 7.04. The van der Waals surface area contributed by atoms with Gasteiger partial charge in [-0.15, -0.1) is 0 Å². The smallest absolute Gasteiger partial charge is 0.308 e. The van der Waals surface area contributed by atoms with Crippen LogP contribution in [0.25, 0.3) is 5.69 Å². The van der Waals surface area contributed by atoms with E-state index in [1.807, 2.05) is 6.92 Å². The van der Waals surface area contributed by atoms with Gasteiger partial charge >= 0.3 is 5.97 Å². The summed E-state index contributed by atoms with van der Waals surface area (Å²) in [5.41, 5.74) is 1.04. The molecule has 3 rings (SSSR count). The summed E-state index contributed by atoms with van der Waals surface area (Å²) in [6, 6.07) is 5.21. The second kappa shape index (κ2) is 5.59. The quantitative estimate of drug-likeness (QED) is 0.915. The average Bonchev–Trinajstić information content (AvgIpc) is 3.16. The normalized spacial score (nSPS) is 21.0. The number of rotatable bonds is 3. The van der Waals surface area contributed by atoms with Crippen LogP contribution in [-0.2, 0) is 4.79 Å². The minimum Gasteiger partial charge on any atom is -0.481 e. The summed E-state index contributed by atoms with van der Waals surface area (Å²) in [6.45, 7) is 2.51. The molecule has 0 aliphatic carbocycles. The third kappa shape index (κ3) is 2.57. The van der Waals surface area contributed by atoms with Crippen molar-refractivity contribution in [1.82, 2.24) is 19.7 Å². The molecule has 1 aliphatic rings. The molecule has 2 atom stereocenters. The first-order chi connectivity index (χ1) is 10.6. The standard InChI is InChI=1S/C15H16N4O3/c1-10-8-18(9-12(10)15(21)22)14(20)13-7-11(3-5-16-13)19-6-2-4-17-19/h2-7,10,12H,8-9H2,1H3,(H,21,22)/t10-,12-/m1/s1. The molecule has 0 bridgehead atoms. The van der Waals surface area contributed by atoms with Crippen LogP contribution in [0.5, 0.6) is 0 Å². The highest BCUT2D eigenvalue weighted by Crippen LogP contribution is 2.24. The van der Waals surface area contributed by atoms with Gasteiger partial charge in [0.1, 0.15) is 5.69 Å². The molecule has 1 saturated heterocycles. The minimum absolute atomic E-state index is 0.0595. The Kier molecular flexibility index (Phi) is 3.62. The van der Waals surface area contributed by atoms with Gasteiger partial charge in [-0.2, -0.15) is 5.10 Å². The predicted molar refractivity (Wildman–Crippen MR) is 77.6 cm³/mol. The fourth-order valence-corrected chi connectivity index (χ4v) is 2.72. The average molecular weight is 300 g/mol. The van der Waals surface area contributed by atoms with Crippen molar-refractivity contribution in [3.8, 4) is 5.69 Å². The predicted octanol–water partition coefficient (Wildman–Crippen LogP) is 1.06. The highest BCUT2D eigenvalue weighted by molar-refractivity contribution is 5.93. The Labute approximate surface area is 127 Å². The number of carboxylic acid groups (broad SMARTS) is 1. The van der Waals surface area contributed by atoms with Crippen molar-refractivity contribution in [3.63, 3.8) is 0 Å². The van der Waals surface area contributed by atoms with E-state index in [9.17, 15) is 9.59 Å². The van der Waals surface area contributed by atoms with E-state index in [-0.39, 0.29) is 18.4 Å². The zero-order chi connectivity index (χ0) is 15.7. The third-order valence-corrected chi connectivity index (χ3v) is 3.95. The van der Waals surface area contributed by atoms with Crippen LogP contribution in [0.4, 0.5) is 0 Å². The molecule has 0 spiro atoms. The highest BCUT2D eigenvalue weighted by Gasteiger charge is 2.37. The molecular formula is C15H16N4O3. The van der Waals surface area contributed by atoms with Crippen molar-refractivity contribution in [2.75, 3.05) is 13.1 Å². The Balaban J connectivity index is 1.81. The Morgan fingerprint density at radius 2 is 2.14 bits per heavy atom. The van der Waals surface area contributed by atoms with Gasteiger partial charge < -0.3 is 10.0 Å². The first kappa shape index (κ1) is 14.2. The van der Waals surface area contributed by atoms with Crippen LogP contribution >= 0.6 is 0 Å².